The molecule has 1 saturated heterocycles. The summed E-state index contributed by atoms with van der Waals surface area (Å²) in [6.07, 6.45) is 8.50. The van der Waals surface area contributed by atoms with Crippen molar-refractivity contribution in [2.45, 2.75) is 75.1 Å². The molecule has 1 heterocycles. The Morgan fingerprint density at radius 2 is 1.84 bits per heavy atom. The van der Waals surface area contributed by atoms with Gasteiger partial charge in [0.05, 0.1) is 18.4 Å². The van der Waals surface area contributed by atoms with Gasteiger partial charge in [0.25, 0.3) is 0 Å². The molecule has 0 radical (unpaired) electrons. The molecule has 1 N–H and O–H groups in total. The van der Waals surface area contributed by atoms with Crippen LogP contribution >= 0.6 is 0 Å². The van der Waals surface area contributed by atoms with E-state index in [0.29, 0.717) is 57.3 Å². The monoisotopic (exact) mass is 452 g/mol. The number of benzene rings is 1. The first-order chi connectivity index (χ1) is 14.8. The van der Waals surface area contributed by atoms with Crippen LogP contribution in [0.1, 0.15) is 62.8 Å². The number of likely N-dealkylation sites (tertiary alicyclic amines) is 1. The number of nitrogens with one attached hydrogen (secondary N) is 1. The molecule has 2 aliphatic carbocycles. The van der Waals surface area contributed by atoms with Gasteiger partial charge < -0.3 is 4.74 Å². The highest BCUT2D eigenvalue weighted by Gasteiger charge is 2.41. The molecule has 2 saturated carbocycles. The molecule has 7 heteroatoms. The minimum atomic E-state index is -3.31. The van der Waals surface area contributed by atoms with Crippen molar-refractivity contribution >= 4 is 10.0 Å². The van der Waals surface area contributed by atoms with E-state index in [0.717, 1.165) is 19.3 Å². The van der Waals surface area contributed by atoms with E-state index >= 15 is 0 Å². The van der Waals surface area contributed by atoms with E-state index < -0.39 is 15.7 Å². The van der Waals surface area contributed by atoms with Crippen molar-refractivity contribution in [3.05, 3.63) is 35.9 Å². The van der Waals surface area contributed by atoms with E-state index in [1.807, 2.05) is 0 Å². The zero-order valence-corrected chi connectivity index (χ0v) is 19.5. The number of sulfonamides is 1. The van der Waals surface area contributed by atoms with Gasteiger partial charge in [0.1, 0.15) is 5.67 Å². The van der Waals surface area contributed by atoms with Crippen LogP contribution in [0.5, 0.6) is 0 Å². The van der Waals surface area contributed by atoms with Crippen LogP contribution in [0.2, 0.25) is 0 Å². The summed E-state index contributed by atoms with van der Waals surface area (Å²) in [7, 11) is -3.31. The van der Waals surface area contributed by atoms with Crippen LogP contribution < -0.4 is 4.72 Å². The highest BCUT2D eigenvalue weighted by Crippen LogP contribution is 2.38. The topological polar surface area (TPSA) is 58.6 Å². The molecule has 2 atom stereocenters. The molecule has 0 amide bonds. The summed E-state index contributed by atoms with van der Waals surface area (Å²) in [5.41, 5.74) is 0.371. The van der Waals surface area contributed by atoms with Crippen LogP contribution in [0, 0.1) is 5.92 Å². The van der Waals surface area contributed by atoms with E-state index in [1.165, 1.54) is 24.7 Å². The third-order valence-corrected chi connectivity index (χ3v) is 8.16. The van der Waals surface area contributed by atoms with Crippen molar-refractivity contribution in [1.29, 1.82) is 0 Å². The lowest BCUT2D eigenvalue weighted by Crippen LogP contribution is -2.57. The fraction of sp³-hybridized carbons (Fsp3) is 0.750. The number of alkyl halides is 1. The lowest BCUT2D eigenvalue weighted by atomic mass is 9.79. The molecule has 3 aliphatic rings. The molecule has 4 rings (SSSR count). The first-order valence-electron chi connectivity index (χ1n) is 11.8. The van der Waals surface area contributed by atoms with Crippen molar-refractivity contribution in [3.8, 4) is 0 Å². The van der Waals surface area contributed by atoms with Crippen LogP contribution in [-0.2, 0) is 14.8 Å². The minimum absolute atomic E-state index is 0.223. The Kier molecular flexibility index (Phi) is 7.36. The van der Waals surface area contributed by atoms with E-state index in [1.54, 1.807) is 0 Å². The Balaban J connectivity index is 1.30. The average molecular weight is 453 g/mol. The lowest BCUT2D eigenvalue weighted by molar-refractivity contribution is -0.0568. The van der Waals surface area contributed by atoms with Crippen LogP contribution in [-0.4, -0.2) is 63.6 Å². The van der Waals surface area contributed by atoms with Crippen molar-refractivity contribution in [1.82, 2.24) is 9.62 Å². The maximum absolute atomic E-state index is 14.6. The predicted octanol–water partition coefficient (Wildman–Crippen LogP) is 3.86. The molecule has 1 aromatic carbocycles. The molecular formula is C24H37FN2O3S. The number of halogens is 1. The zero-order valence-electron chi connectivity index (χ0n) is 18.6. The fourth-order valence-electron chi connectivity index (χ4n) is 5.47. The summed E-state index contributed by atoms with van der Waals surface area (Å²) >= 11 is 0. The van der Waals surface area contributed by atoms with Crippen LogP contribution in [0.25, 0.3) is 0 Å². The van der Waals surface area contributed by atoms with Gasteiger partial charge in [0, 0.05) is 19.7 Å². The standard InChI is InChI=1S/C24H37FN2O3S/c1-31(28,29)26-22-12-15-27(18-24(25)13-5-14-24)16-23(22)30-17-19-8-10-21(11-9-19)20-6-3-2-4-7-20/h2-4,6-7,19,21-23,26H,5,8-18H2,1H3/t19?,21?,22-,23+/m0/s1. The van der Waals surface area contributed by atoms with Crippen LogP contribution in [0.15, 0.2) is 30.3 Å². The molecule has 0 aromatic heterocycles. The van der Waals surface area contributed by atoms with Gasteiger partial charge in [0.2, 0.25) is 10.0 Å². The number of hydrogen-bond acceptors (Lipinski definition) is 4. The van der Waals surface area contributed by atoms with Gasteiger partial charge in [-0.25, -0.2) is 17.5 Å². The SMILES string of the molecule is CS(=O)(=O)N[C@H]1CCN(CC2(F)CCC2)C[C@H]1OCC1CCC(c2ccccc2)CC1. The Bertz CT molecular complexity index is 807. The van der Waals surface area contributed by atoms with Gasteiger partial charge in [-0.3, -0.25) is 4.90 Å². The van der Waals surface area contributed by atoms with Gasteiger partial charge in [-0.05, 0) is 75.3 Å². The molecule has 0 spiro atoms. The van der Waals surface area contributed by atoms with E-state index in [4.69, 9.17) is 4.74 Å². The molecule has 0 bridgehead atoms. The maximum atomic E-state index is 14.6. The fourth-order valence-corrected chi connectivity index (χ4v) is 6.29. The quantitative estimate of drug-likeness (QED) is 0.651. The smallest absolute Gasteiger partial charge is 0.209 e. The molecule has 31 heavy (non-hydrogen) atoms. The van der Waals surface area contributed by atoms with E-state index in [2.05, 4.69) is 40.0 Å². The normalized spacial score (nSPS) is 31.8. The first kappa shape index (κ1) is 23.1. The molecule has 174 valence electrons. The molecule has 0 unspecified atom stereocenters. The number of piperidine rings is 1. The summed E-state index contributed by atoms with van der Waals surface area (Å²) in [6.45, 7) is 2.41. The van der Waals surface area contributed by atoms with Crippen molar-refractivity contribution in [2.24, 2.45) is 5.92 Å². The Morgan fingerprint density at radius 1 is 1.13 bits per heavy atom. The highest BCUT2D eigenvalue weighted by atomic mass is 32.2. The highest BCUT2D eigenvalue weighted by molar-refractivity contribution is 7.88. The number of ether oxygens (including phenoxy) is 1. The third kappa shape index (κ3) is 6.50. The second kappa shape index (κ2) is 9.86. The van der Waals surface area contributed by atoms with Gasteiger partial charge in [-0.15, -0.1) is 0 Å². The Labute approximate surface area is 186 Å². The van der Waals surface area contributed by atoms with Gasteiger partial charge in [0.15, 0.2) is 0 Å². The van der Waals surface area contributed by atoms with Crippen LogP contribution in [0.3, 0.4) is 0 Å². The van der Waals surface area contributed by atoms with Crippen molar-refractivity contribution in [3.63, 3.8) is 0 Å². The summed E-state index contributed by atoms with van der Waals surface area (Å²) in [4.78, 5) is 2.14. The lowest BCUT2D eigenvalue weighted by Gasteiger charge is -2.44. The van der Waals surface area contributed by atoms with Crippen molar-refractivity contribution in [2.75, 3.05) is 32.5 Å². The van der Waals surface area contributed by atoms with Crippen LogP contribution in [0.4, 0.5) is 4.39 Å². The number of nitrogens with zero attached hydrogens (tertiary/aromatic N) is 1. The van der Waals surface area contributed by atoms with Gasteiger partial charge in [-0.2, -0.15) is 0 Å². The van der Waals surface area contributed by atoms with E-state index in [9.17, 15) is 12.8 Å². The Morgan fingerprint density at radius 3 is 2.45 bits per heavy atom. The first-order valence-corrected chi connectivity index (χ1v) is 13.7. The van der Waals surface area contributed by atoms with Gasteiger partial charge >= 0.3 is 0 Å². The van der Waals surface area contributed by atoms with Crippen molar-refractivity contribution < 1.29 is 17.5 Å². The summed E-state index contributed by atoms with van der Waals surface area (Å²) < 4.78 is 47.4. The second-order valence-corrected chi connectivity index (χ2v) is 11.8. The Hall–Kier alpha value is -1.02. The molecule has 3 fully saturated rings. The number of rotatable bonds is 8. The number of hydrogen-bond donors (Lipinski definition) is 1. The second-order valence-electron chi connectivity index (χ2n) is 10.0. The zero-order chi connectivity index (χ0) is 21.9. The molecular weight excluding hydrogens is 415 g/mol. The predicted molar refractivity (Wildman–Crippen MR) is 121 cm³/mol. The largest absolute Gasteiger partial charge is 0.375 e. The average Bonchev–Trinajstić information content (AvgIpc) is 2.73. The summed E-state index contributed by atoms with van der Waals surface area (Å²) in [5.74, 6) is 1.14. The minimum Gasteiger partial charge on any atom is -0.375 e. The van der Waals surface area contributed by atoms with Gasteiger partial charge in [-0.1, -0.05) is 30.3 Å². The molecule has 5 nitrogen and oxygen atoms in total. The summed E-state index contributed by atoms with van der Waals surface area (Å²) in [6, 6.07) is 10.5. The summed E-state index contributed by atoms with van der Waals surface area (Å²) in [5, 5.41) is 0. The maximum Gasteiger partial charge on any atom is 0.209 e. The molecule has 1 aromatic rings. The molecule has 1 aliphatic heterocycles. The van der Waals surface area contributed by atoms with E-state index in [-0.39, 0.29) is 12.1 Å². The third-order valence-electron chi connectivity index (χ3n) is 7.43.